The molecule has 0 aromatic heterocycles. The molecule has 1 aromatic rings. The van der Waals surface area contributed by atoms with Crippen LogP contribution >= 0.6 is 0 Å². The van der Waals surface area contributed by atoms with Crippen LogP contribution in [0.1, 0.15) is 36.9 Å². The van der Waals surface area contributed by atoms with Crippen LogP contribution in [0.3, 0.4) is 0 Å². The van der Waals surface area contributed by atoms with Gasteiger partial charge in [-0.15, -0.1) is 0 Å². The van der Waals surface area contributed by atoms with Gasteiger partial charge in [-0.2, -0.15) is 0 Å². The summed E-state index contributed by atoms with van der Waals surface area (Å²) in [5.41, 5.74) is 8.69. The molecular weight excluding hydrogens is 208 g/mol. The number of rotatable bonds is 3. The minimum atomic E-state index is 0.401. The van der Waals surface area contributed by atoms with Crippen molar-refractivity contribution >= 4 is 0 Å². The molecule has 1 aromatic carbocycles. The molecule has 2 rings (SSSR count). The zero-order valence-corrected chi connectivity index (χ0v) is 11.0. The summed E-state index contributed by atoms with van der Waals surface area (Å²) in [5, 5.41) is 0. The molecule has 0 amide bonds. The highest BCUT2D eigenvalue weighted by atomic mass is 15.2. The van der Waals surface area contributed by atoms with Crippen molar-refractivity contribution in [1.82, 2.24) is 4.90 Å². The number of hydrogen-bond acceptors (Lipinski definition) is 2. The van der Waals surface area contributed by atoms with Gasteiger partial charge in [-0.3, -0.25) is 4.90 Å². The van der Waals surface area contributed by atoms with Gasteiger partial charge in [0.25, 0.3) is 0 Å². The summed E-state index contributed by atoms with van der Waals surface area (Å²) in [4.78, 5) is 2.56. The van der Waals surface area contributed by atoms with Crippen LogP contribution < -0.4 is 5.73 Å². The van der Waals surface area contributed by atoms with Crippen molar-refractivity contribution in [2.45, 2.75) is 32.7 Å². The molecule has 17 heavy (non-hydrogen) atoms. The van der Waals surface area contributed by atoms with E-state index in [2.05, 4.69) is 43.0 Å². The van der Waals surface area contributed by atoms with Gasteiger partial charge >= 0.3 is 0 Å². The zero-order valence-electron chi connectivity index (χ0n) is 11.0. The first-order chi connectivity index (χ1) is 8.20. The number of benzene rings is 1. The Morgan fingerprint density at radius 2 is 2.29 bits per heavy atom. The predicted molar refractivity (Wildman–Crippen MR) is 72.9 cm³/mol. The van der Waals surface area contributed by atoms with E-state index in [9.17, 15) is 0 Å². The summed E-state index contributed by atoms with van der Waals surface area (Å²) in [6.45, 7) is 7.60. The molecular formula is C15H24N2. The number of hydrogen-bond donors (Lipinski definition) is 1. The van der Waals surface area contributed by atoms with Crippen LogP contribution in [0.5, 0.6) is 0 Å². The Morgan fingerprint density at radius 3 is 2.94 bits per heavy atom. The first-order valence-corrected chi connectivity index (χ1v) is 6.71. The third-order valence-electron chi connectivity index (χ3n) is 3.78. The molecule has 2 heteroatoms. The molecule has 2 N–H and O–H groups in total. The smallest absolute Gasteiger partial charge is 0.0470 e. The van der Waals surface area contributed by atoms with Crippen molar-refractivity contribution in [1.29, 1.82) is 0 Å². The molecule has 1 aliphatic rings. The molecule has 0 aliphatic carbocycles. The lowest BCUT2D eigenvalue weighted by Crippen LogP contribution is -2.40. The second kappa shape index (κ2) is 5.65. The van der Waals surface area contributed by atoms with Gasteiger partial charge in [-0.05, 0) is 37.8 Å². The molecule has 1 heterocycles. The third kappa shape index (κ3) is 3.08. The minimum Gasteiger partial charge on any atom is -0.329 e. The van der Waals surface area contributed by atoms with Gasteiger partial charge in [-0.1, -0.05) is 36.8 Å². The van der Waals surface area contributed by atoms with E-state index in [0.29, 0.717) is 6.04 Å². The molecule has 1 fully saturated rings. The molecule has 1 aliphatic heterocycles. The van der Waals surface area contributed by atoms with Crippen molar-refractivity contribution in [2.24, 2.45) is 11.7 Å². The van der Waals surface area contributed by atoms with E-state index in [1.807, 2.05) is 0 Å². The van der Waals surface area contributed by atoms with E-state index in [0.717, 1.165) is 12.5 Å². The molecule has 0 bridgehead atoms. The number of aryl methyl sites for hydroxylation is 1. The average Bonchev–Trinajstić information content (AvgIpc) is 2.30. The zero-order chi connectivity index (χ0) is 12.3. The second-order valence-electron chi connectivity index (χ2n) is 5.41. The molecule has 0 spiro atoms. The summed E-state index contributed by atoms with van der Waals surface area (Å²) < 4.78 is 0. The Bertz CT molecular complexity index is 362. The third-order valence-corrected chi connectivity index (χ3v) is 3.78. The lowest BCUT2D eigenvalue weighted by molar-refractivity contribution is 0.133. The summed E-state index contributed by atoms with van der Waals surface area (Å²) in [7, 11) is 0. The molecule has 94 valence electrons. The van der Waals surface area contributed by atoms with Crippen LogP contribution in [0.15, 0.2) is 24.3 Å². The van der Waals surface area contributed by atoms with E-state index >= 15 is 0 Å². The summed E-state index contributed by atoms with van der Waals surface area (Å²) >= 11 is 0. The van der Waals surface area contributed by atoms with Crippen molar-refractivity contribution < 1.29 is 0 Å². The fraction of sp³-hybridized carbons (Fsp3) is 0.600. The monoisotopic (exact) mass is 232 g/mol. The lowest BCUT2D eigenvalue weighted by Gasteiger charge is -2.37. The van der Waals surface area contributed by atoms with Gasteiger partial charge < -0.3 is 5.73 Å². The number of piperidine rings is 1. The Morgan fingerprint density at radius 1 is 1.47 bits per heavy atom. The van der Waals surface area contributed by atoms with Gasteiger partial charge in [0.15, 0.2) is 0 Å². The highest BCUT2D eigenvalue weighted by Gasteiger charge is 2.23. The van der Waals surface area contributed by atoms with Crippen LogP contribution in [-0.2, 0) is 0 Å². The first-order valence-electron chi connectivity index (χ1n) is 6.71. The van der Waals surface area contributed by atoms with E-state index in [4.69, 9.17) is 5.73 Å². The number of nitrogens with zero attached hydrogens (tertiary/aromatic N) is 1. The Kier molecular flexibility index (Phi) is 4.19. The van der Waals surface area contributed by atoms with E-state index < -0.39 is 0 Å². The van der Waals surface area contributed by atoms with Gasteiger partial charge in [0, 0.05) is 19.1 Å². The van der Waals surface area contributed by atoms with Crippen molar-refractivity contribution in [3.63, 3.8) is 0 Å². The maximum atomic E-state index is 5.99. The van der Waals surface area contributed by atoms with E-state index in [1.165, 1.54) is 37.1 Å². The topological polar surface area (TPSA) is 29.3 Å². The van der Waals surface area contributed by atoms with Gasteiger partial charge in [0.05, 0.1) is 0 Å². The first kappa shape index (κ1) is 12.6. The van der Waals surface area contributed by atoms with Gasteiger partial charge in [0.1, 0.15) is 0 Å². The van der Waals surface area contributed by atoms with Gasteiger partial charge in [0.2, 0.25) is 0 Å². The predicted octanol–water partition coefficient (Wildman–Crippen LogP) is 2.73. The van der Waals surface area contributed by atoms with Crippen LogP contribution in [0.25, 0.3) is 0 Å². The van der Waals surface area contributed by atoms with E-state index in [1.54, 1.807) is 0 Å². The number of likely N-dealkylation sites (tertiary alicyclic amines) is 1. The molecule has 0 unspecified atom stereocenters. The maximum absolute atomic E-state index is 5.99. The molecule has 1 saturated heterocycles. The Hall–Kier alpha value is -0.860. The molecule has 0 radical (unpaired) electrons. The SMILES string of the molecule is Cc1cccc([C@@H](CN)N2CCC[C@@H](C)C2)c1. The van der Waals surface area contributed by atoms with Crippen molar-refractivity contribution in [3.8, 4) is 0 Å². The van der Waals surface area contributed by atoms with Gasteiger partial charge in [-0.25, -0.2) is 0 Å². The highest BCUT2D eigenvalue weighted by molar-refractivity contribution is 5.25. The van der Waals surface area contributed by atoms with Crippen LogP contribution in [-0.4, -0.2) is 24.5 Å². The molecule has 2 nitrogen and oxygen atoms in total. The maximum Gasteiger partial charge on any atom is 0.0470 e. The summed E-state index contributed by atoms with van der Waals surface area (Å²) in [5.74, 6) is 0.808. The Balaban J connectivity index is 2.15. The van der Waals surface area contributed by atoms with Crippen molar-refractivity contribution in [2.75, 3.05) is 19.6 Å². The van der Waals surface area contributed by atoms with E-state index in [-0.39, 0.29) is 0 Å². The molecule has 0 saturated carbocycles. The summed E-state index contributed by atoms with van der Waals surface area (Å²) in [6, 6.07) is 9.18. The second-order valence-corrected chi connectivity index (χ2v) is 5.41. The normalized spacial score (nSPS) is 23.6. The van der Waals surface area contributed by atoms with Crippen LogP contribution in [0.2, 0.25) is 0 Å². The fourth-order valence-corrected chi connectivity index (χ4v) is 2.88. The summed E-state index contributed by atoms with van der Waals surface area (Å²) in [6.07, 6.45) is 2.67. The highest BCUT2D eigenvalue weighted by Crippen LogP contribution is 2.26. The average molecular weight is 232 g/mol. The molecule has 2 atom stereocenters. The van der Waals surface area contributed by atoms with Crippen LogP contribution in [0.4, 0.5) is 0 Å². The lowest BCUT2D eigenvalue weighted by atomic mass is 9.95. The quantitative estimate of drug-likeness (QED) is 0.868. The number of nitrogens with two attached hydrogens (primary N) is 1. The standard InChI is InChI=1S/C15H24N2/c1-12-5-3-7-14(9-12)15(10-16)17-8-4-6-13(2)11-17/h3,5,7,9,13,15H,4,6,8,10-11,16H2,1-2H3/t13-,15-/m1/s1. The Labute approximate surface area is 105 Å². The van der Waals surface area contributed by atoms with Crippen molar-refractivity contribution in [3.05, 3.63) is 35.4 Å². The minimum absolute atomic E-state index is 0.401. The largest absolute Gasteiger partial charge is 0.329 e. The van der Waals surface area contributed by atoms with Crippen LogP contribution in [0, 0.1) is 12.8 Å². The fourth-order valence-electron chi connectivity index (χ4n) is 2.88.